The first-order valence-corrected chi connectivity index (χ1v) is 7.20. The Morgan fingerprint density at radius 2 is 2.11 bits per heavy atom. The molecule has 0 saturated heterocycles. The second-order valence-corrected chi connectivity index (χ2v) is 5.51. The monoisotopic (exact) mass is 264 g/mol. The Morgan fingerprint density at radius 1 is 1.28 bits per heavy atom. The molecule has 98 valence electrons. The van der Waals surface area contributed by atoms with Crippen LogP contribution in [-0.4, -0.2) is 14.8 Å². The lowest BCUT2D eigenvalue weighted by Crippen LogP contribution is -2.12. The number of rotatable bonds is 6. The Bertz CT molecular complexity index is 501. The Labute approximate surface area is 112 Å². The average Bonchev–Trinajstić information content (AvgIpc) is 2.96. The molecular formula is C13H20N4S. The highest BCUT2D eigenvalue weighted by molar-refractivity contribution is 7.11. The number of thiazole rings is 1. The SMILES string of the molecule is CCc1ncc(CNCc2cn(C)nc2CC)s1. The minimum absolute atomic E-state index is 0.871. The topological polar surface area (TPSA) is 42.7 Å². The average molecular weight is 264 g/mol. The van der Waals surface area contributed by atoms with Gasteiger partial charge in [-0.15, -0.1) is 11.3 Å². The minimum Gasteiger partial charge on any atom is -0.308 e. The first-order chi connectivity index (χ1) is 8.72. The zero-order valence-electron chi connectivity index (χ0n) is 11.2. The van der Waals surface area contributed by atoms with Crippen LogP contribution in [0.4, 0.5) is 0 Å². The molecule has 18 heavy (non-hydrogen) atoms. The Balaban J connectivity index is 1.87. The van der Waals surface area contributed by atoms with Crippen LogP contribution < -0.4 is 5.32 Å². The second-order valence-electron chi connectivity index (χ2n) is 4.31. The van der Waals surface area contributed by atoms with Crippen LogP contribution in [0, 0.1) is 0 Å². The van der Waals surface area contributed by atoms with Crippen LogP contribution in [0.5, 0.6) is 0 Å². The molecule has 0 bridgehead atoms. The summed E-state index contributed by atoms with van der Waals surface area (Å²) in [6.07, 6.45) is 6.07. The third-order valence-corrected chi connectivity index (χ3v) is 3.99. The number of hydrogen-bond acceptors (Lipinski definition) is 4. The van der Waals surface area contributed by atoms with Crippen molar-refractivity contribution in [2.75, 3.05) is 0 Å². The Kier molecular flexibility index (Phi) is 4.49. The Hall–Kier alpha value is -1.20. The van der Waals surface area contributed by atoms with Crippen molar-refractivity contribution in [1.82, 2.24) is 20.1 Å². The molecule has 0 amide bonds. The van der Waals surface area contributed by atoms with Gasteiger partial charge < -0.3 is 5.32 Å². The van der Waals surface area contributed by atoms with Gasteiger partial charge in [-0.1, -0.05) is 13.8 Å². The molecule has 0 saturated carbocycles. The van der Waals surface area contributed by atoms with Crippen LogP contribution in [0.15, 0.2) is 12.4 Å². The summed E-state index contributed by atoms with van der Waals surface area (Å²) >= 11 is 1.79. The number of hydrogen-bond donors (Lipinski definition) is 1. The van der Waals surface area contributed by atoms with E-state index in [0.29, 0.717) is 0 Å². The largest absolute Gasteiger partial charge is 0.308 e. The molecule has 0 radical (unpaired) electrons. The molecule has 5 heteroatoms. The molecule has 2 heterocycles. The molecule has 0 fully saturated rings. The zero-order valence-corrected chi connectivity index (χ0v) is 12.0. The van der Waals surface area contributed by atoms with E-state index in [-0.39, 0.29) is 0 Å². The molecule has 0 aliphatic carbocycles. The van der Waals surface area contributed by atoms with Gasteiger partial charge in [-0.2, -0.15) is 5.10 Å². The highest BCUT2D eigenvalue weighted by atomic mass is 32.1. The zero-order chi connectivity index (χ0) is 13.0. The smallest absolute Gasteiger partial charge is 0.0925 e. The van der Waals surface area contributed by atoms with E-state index in [9.17, 15) is 0 Å². The van der Waals surface area contributed by atoms with Gasteiger partial charge in [-0.3, -0.25) is 4.68 Å². The molecule has 2 aromatic heterocycles. The molecule has 0 aliphatic heterocycles. The summed E-state index contributed by atoms with van der Waals surface area (Å²) in [7, 11) is 1.97. The summed E-state index contributed by atoms with van der Waals surface area (Å²) in [4.78, 5) is 5.66. The quantitative estimate of drug-likeness (QED) is 0.870. The lowest BCUT2D eigenvalue weighted by Gasteiger charge is -2.02. The summed E-state index contributed by atoms with van der Waals surface area (Å²) in [6, 6.07) is 0. The van der Waals surface area contributed by atoms with Crippen molar-refractivity contribution in [2.24, 2.45) is 7.05 Å². The fraction of sp³-hybridized carbons (Fsp3) is 0.538. The molecule has 1 N–H and O–H groups in total. The molecule has 0 aromatic carbocycles. The van der Waals surface area contributed by atoms with E-state index in [1.807, 2.05) is 17.9 Å². The summed E-state index contributed by atoms with van der Waals surface area (Å²) < 4.78 is 1.89. The minimum atomic E-state index is 0.871. The van der Waals surface area contributed by atoms with Gasteiger partial charge in [-0.25, -0.2) is 4.98 Å². The summed E-state index contributed by atoms with van der Waals surface area (Å²) in [5.41, 5.74) is 2.48. The van der Waals surface area contributed by atoms with Gasteiger partial charge in [0.05, 0.1) is 10.7 Å². The second kappa shape index (κ2) is 6.11. The van der Waals surface area contributed by atoms with Crippen molar-refractivity contribution in [2.45, 2.75) is 39.8 Å². The number of nitrogens with one attached hydrogen (secondary N) is 1. The summed E-state index contributed by atoms with van der Waals surface area (Å²) in [6.45, 7) is 6.04. The normalized spacial score (nSPS) is 11.1. The highest BCUT2D eigenvalue weighted by Crippen LogP contribution is 2.13. The lowest BCUT2D eigenvalue weighted by molar-refractivity contribution is 0.694. The van der Waals surface area contributed by atoms with Gasteiger partial charge in [0.25, 0.3) is 0 Å². The van der Waals surface area contributed by atoms with E-state index in [1.165, 1.54) is 21.1 Å². The van der Waals surface area contributed by atoms with Crippen LogP contribution in [-0.2, 0) is 33.0 Å². The van der Waals surface area contributed by atoms with Crippen molar-refractivity contribution in [3.8, 4) is 0 Å². The van der Waals surface area contributed by atoms with Gasteiger partial charge in [0.15, 0.2) is 0 Å². The summed E-state index contributed by atoms with van der Waals surface area (Å²) in [5, 5.41) is 9.11. The van der Waals surface area contributed by atoms with Gasteiger partial charge in [0.2, 0.25) is 0 Å². The first kappa shape index (κ1) is 13.2. The Morgan fingerprint density at radius 3 is 2.78 bits per heavy atom. The fourth-order valence-electron chi connectivity index (χ4n) is 1.94. The maximum atomic E-state index is 4.44. The van der Waals surface area contributed by atoms with Crippen LogP contribution >= 0.6 is 11.3 Å². The lowest BCUT2D eigenvalue weighted by atomic mass is 10.2. The van der Waals surface area contributed by atoms with E-state index in [4.69, 9.17) is 0 Å². The third-order valence-electron chi connectivity index (χ3n) is 2.85. The third kappa shape index (κ3) is 3.17. The van der Waals surface area contributed by atoms with E-state index in [1.54, 1.807) is 11.3 Å². The van der Waals surface area contributed by atoms with Crippen molar-refractivity contribution in [3.05, 3.63) is 33.5 Å². The first-order valence-electron chi connectivity index (χ1n) is 6.38. The predicted molar refractivity (Wildman–Crippen MR) is 74.6 cm³/mol. The van der Waals surface area contributed by atoms with Gasteiger partial charge in [0.1, 0.15) is 0 Å². The maximum absolute atomic E-state index is 4.44. The van der Waals surface area contributed by atoms with Crippen LogP contribution in [0.25, 0.3) is 0 Å². The molecule has 0 unspecified atom stereocenters. The van der Waals surface area contributed by atoms with E-state index in [0.717, 1.165) is 25.9 Å². The van der Waals surface area contributed by atoms with E-state index >= 15 is 0 Å². The number of nitrogens with zero attached hydrogens (tertiary/aromatic N) is 3. The van der Waals surface area contributed by atoms with Crippen LogP contribution in [0.2, 0.25) is 0 Å². The van der Waals surface area contributed by atoms with Crippen molar-refractivity contribution in [3.63, 3.8) is 0 Å². The van der Waals surface area contributed by atoms with E-state index < -0.39 is 0 Å². The molecule has 2 rings (SSSR count). The standard InChI is InChI=1S/C13H20N4S/c1-4-12-10(9-17(3)16-12)6-14-7-11-8-15-13(5-2)18-11/h8-9,14H,4-7H2,1-3H3. The van der Waals surface area contributed by atoms with Gasteiger partial charge in [-0.05, 0) is 12.8 Å². The van der Waals surface area contributed by atoms with Crippen molar-refractivity contribution >= 4 is 11.3 Å². The van der Waals surface area contributed by atoms with Gasteiger partial charge >= 0.3 is 0 Å². The molecule has 0 spiro atoms. The molecule has 0 atom stereocenters. The van der Waals surface area contributed by atoms with Crippen LogP contribution in [0.1, 0.15) is 35.0 Å². The van der Waals surface area contributed by atoms with Crippen molar-refractivity contribution < 1.29 is 0 Å². The number of aromatic nitrogens is 3. The number of aryl methyl sites for hydroxylation is 3. The molecule has 2 aromatic rings. The van der Waals surface area contributed by atoms with Crippen molar-refractivity contribution in [1.29, 1.82) is 0 Å². The van der Waals surface area contributed by atoms with Crippen LogP contribution in [0.3, 0.4) is 0 Å². The van der Waals surface area contributed by atoms with E-state index in [2.05, 4.69) is 35.4 Å². The molecule has 0 aliphatic rings. The summed E-state index contributed by atoms with van der Waals surface area (Å²) in [5.74, 6) is 0. The molecular weight excluding hydrogens is 244 g/mol. The highest BCUT2D eigenvalue weighted by Gasteiger charge is 2.05. The predicted octanol–water partition coefficient (Wildman–Crippen LogP) is 2.29. The van der Waals surface area contributed by atoms with Gasteiger partial charge in [0, 0.05) is 43.0 Å². The molecule has 4 nitrogen and oxygen atoms in total. The maximum Gasteiger partial charge on any atom is 0.0925 e. The fourth-order valence-corrected chi connectivity index (χ4v) is 2.77.